The molecule has 0 aromatic carbocycles. The van der Waals surface area contributed by atoms with Crippen molar-refractivity contribution in [3.8, 4) is 0 Å². The zero-order valence-electron chi connectivity index (χ0n) is 11.4. The Bertz CT molecular complexity index is 213. The van der Waals surface area contributed by atoms with Crippen LogP contribution in [0.15, 0.2) is 0 Å². The van der Waals surface area contributed by atoms with Gasteiger partial charge >= 0.3 is 0 Å². The lowest BCUT2D eigenvalue weighted by atomic mass is 9.59. The first-order valence-corrected chi connectivity index (χ1v) is 7.33. The van der Waals surface area contributed by atoms with Crippen molar-refractivity contribution < 1.29 is 0 Å². The van der Waals surface area contributed by atoms with Crippen LogP contribution in [0.5, 0.6) is 0 Å². The first-order chi connectivity index (χ1) is 7.62. The van der Waals surface area contributed by atoms with Gasteiger partial charge in [-0.3, -0.25) is 0 Å². The van der Waals surface area contributed by atoms with E-state index in [1.54, 1.807) is 0 Å². The summed E-state index contributed by atoms with van der Waals surface area (Å²) in [6.07, 6.45) is 8.85. The maximum absolute atomic E-state index is 3.62. The molecule has 0 radical (unpaired) electrons. The standard InChI is InChI=1S/C15H29N/c1-12(2)10-14-11-16-9-8-15(14)6-4-13(3)5-7-15/h12-14,16H,4-11H2,1-3H3. The monoisotopic (exact) mass is 223 g/mol. The van der Waals surface area contributed by atoms with Crippen LogP contribution in [0.25, 0.3) is 0 Å². The molecule has 0 amide bonds. The van der Waals surface area contributed by atoms with Gasteiger partial charge in [-0.2, -0.15) is 0 Å². The molecule has 2 aliphatic rings. The Hall–Kier alpha value is -0.0400. The molecule has 16 heavy (non-hydrogen) atoms. The Morgan fingerprint density at radius 3 is 2.50 bits per heavy atom. The van der Waals surface area contributed by atoms with Gasteiger partial charge in [0.1, 0.15) is 0 Å². The molecule has 1 heteroatoms. The van der Waals surface area contributed by atoms with Gasteiger partial charge in [0.15, 0.2) is 0 Å². The lowest BCUT2D eigenvalue weighted by Gasteiger charge is -2.49. The van der Waals surface area contributed by atoms with Crippen molar-refractivity contribution in [1.82, 2.24) is 5.32 Å². The largest absolute Gasteiger partial charge is 0.316 e. The molecule has 1 unspecified atom stereocenters. The maximum Gasteiger partial charge on any atom is -0.00151 e. The quantitative estimate of drug-likeness (QED) is 0.750. The van der Waals surface area contributed by atoms with Crippen LogP contribution >= 0.6 is 0 Å². The van der Waals surface area contributed by atoms with E-state index in [-0.39, 0.29) is 0 Å². The summed E-state index contributed by atoms with van der Waals surface area (Å²) in [4.78, 5) is 0. The molecule has 1 spiro atoms. The normalized spacial score (nSPS) is 40.5. The van der Waals surface area contributed by atoms with E-state index in [4.69, 9.17) is 0 Å². The van der Waals surface area contributed by atoms with Crippen molar-refractivity contribution in [3.05, 3.63) is 0 Å². The Labute approximate surface area is 101 Å². The van der Waals surface area contributed by atoms with Gasteiger partial charge in [-0.25, -0.2) is 0 Å². The third-order valence-electron chi connectivity index (χ3n) is 5.08. The molecule has 1 saturated heterocycles. The summed E-state index contributed by atoms with van der Waals surface area (Å²) >= 11 is 0. The van der Waals surface area contributed by atoms with Crippen LogP contribution in [0.3, 0.4) is 0 Å². The average Bonchev–Trinajstić information content (AvgIpc) is 2.25. The molecule has 94 valence electrons. The summed E-state index contributed by atoms with van der Waals surface area (Å²) in [6.45, 7) is 9.75. The highest BCUT2D eigenvalue weighted by molar-refractivity contribution is 4.94. The molecule has 0 aromatic rings. The van der Waals surface area contributed by atoms with Crippen LogP contribution in [0, 0.1) is 23.2 Å². The highest BCUT2D eigenvalue weighted by Gasteiger charge is 2.42. The summed E-state index contributed by atoms with van der Waals surface area (Å²) in [5.74, 6) is 2.80. The van der Waals surface area contributed by atoms with Crippen LogP contribution in [0.1, 0.15) is 59.3 Å². The lowest BCUT2D eigenvalue weighted by molar-refractivity contribution is 0.0323. The van der Waals surface area contributed by atoms with Gasteiger partial charge in [0.25, 0.3) is 0 Å². The minimum atomic E-state index is 0.724. The SMILES string of the molecule is CC(C)CC1CNCCC12CCC(C)CC2. The zero-order chi connectivity index (χ0) is 11.6. The molecule has 2 fully saturated rings. The maximum atomic E-state index is 3.62. The number of hydrogen-bond acceptors (Lipinski definition) is 1. The van der Waals surface area contributed by atoms with E-state index >= 15 is 0 Å². The van der Waals surface area contributed by atoms with Crippen molar-refractivity contribution in [1.29, 1.82) is 0 Å². The van der Waals surface area contributed by atoms with Gasteiger partial charge < -0.3 is 5.32 Å². The van der Waals surface area contributed by atoms with Crippen molar-refractivity contribution in [2.75, 3.05) is 13.1 Å². The number of hydrogen-bond donors (Lipinski definition) is 1. The van der Waals surface area contributed by atoms with Crippen LogP contribution in [-0.4, -0.2) is 13.1 Å². The molecule has 0 aromatic heterocycles. The summed E-state index contributed by atoms with van der Waals surface area (Å²) in [7, 11) is 0. The highest BCUT2D eigenvalue weighted by atomic mass is 14.9. The Balaban J connectivity index is 2.02. The fourth-order valence-electron chi connectivity index (χ4n) is 3.93. The molecular formula is C15H29N. The zero-order valence-corrected chi connectivity index (χ0v) is 11.4. The van der Waals surface area contributed by atoms with E-state index < -0.39 is 0 Å². The summed E-state index contributed by atoms with van der Waals surface area (Å²) in [5.41, 5.74) is 0.724. The van der Waals surface area contributed by atoms with Gasteiger partial charge in [0.05, 0.1) is 0 Å². The third-order valence-corrected chi connectivity index (χ3v) is 5.08. The predicted octanol–water partition coefficient (Wildman–Crippen LogP) is 3.84. The summed E-state index contributed by atoms with van der Waals surface area (Å²) in [6, 6.07) is 0. The molecule has 1 aliphatic carbocycles. The van der Waals surface area contributed by atoms with Crippen molar-refractivity contribution in [2.45, 2.75) is 59.3 Å². The molecular weight excluding hydrogens is 194 g/mol. The molecule has 1 aliphatic heterocycles. The topological polar surface area (TPSA) is 12.0 Å². The van der Waals surface area contributed by atoms with Gasteiger partial charge in [-0.05, 0) is 61.9 Å². The van der Waals surface area contributed by atoms with E-state index in [2.05, 4.69) is 26.1 Å². The molecule has 1 atom stereocenters. The van der Waals surface area contributed by atoms with Crippen LogP contribution < -0.4 is 5.32 Å². The van der Waals surface area contributed by atoms with E-state index in [1.165, 1.54) is 51.6 Å². The first-order valence-electron chi connectivity index (χ1n) is 7.33. The fraction of sp³-hybridized carbons (Fsp3) is 1.00. The Morgan fingerprint density at radius 2 is 1.88 bits per heavy atom. The van der Waals surface area contributed by atoms with Gasteiger partial charge in [0, 0.05) is 0 Å². The molecule has 1 heterocycles. The highest BCUT2D eigenvalue weighted by Crippen LogP contribution is 2.49. The van der Waals surface area contributed by atoms with E-state index in [9.17, 15) is 0 Å². The molecule has 0 bridgehead atoms. The van der Waals surface area contributed by atoms with E-state index in [0.29, 0.717) is 0 Å². The molecule has 1 nitrogen and oxygen atoms in total. The van der Waals surface area contributed by atoms with Crippen LogP contribution in [0.4, 0.5) is 0 Å². The smallest absolute Gasteiger partial charge is 0.00151 e. The van der Waals surface area contributed by atoms with Gasteiger partial charge in [-0.15, -0.1) is 0 Å². The van der Waals surface area contributed by atoms with Gasteiger partial charge in [-0.1, -0.05) is 33.6 Å². The fourth-order valence-corrected chi connectivity index (χ4v) is 3.93. The third kappa shape index (κ3) is 2.61. The minimum Gasteiger partial charge on any atom is -0.316 e. The second-order valence-corrected chi connectivity index (χ2v) is 6.83. The lowest BCUT2D eigenvalue weighted by Crippen LogP contribution is -2.47. The summed E-state index contributed by atoms with van der Waals surface area (Å²) in [5, 5.41) is 3.62. The first kappa shape index (κ1) is 12.4. The number of rotatable bonds is 2. The van der Waals surface area contributed by atoms with E-state index in [0.717, 1.165) is 23.2 Å². The minimum absolute atomic E-state index is 0.724. The molecule has 2 rings (SSSR count). The molecule has 1 N–H and O–H groups in total. The van der Waals surface area contributed by atoms with Crippen molar-refractivity contribution >= 4 is 0 Å². The summed E-state index contributed by atoms with van der Waals surface area (Å²) < 4.78 is 0. The second kappa shape index (κ2) is 5.08. The number of nitrogens with one attached hydrogen (secondary N) is 1. The Kier molecular flexibility index (Phi) is 3.94. The number of piperidine rings is 1. The van der Waals surface area contributed by atoms with Gasteiger partial charge in [0.2, 0.25) is 0 Å². The average molecular weight is 223 g/mol. The van der Waals surface area contributed by atoms with E-state index in [1.807, 2.05) is 0 Å². The second-order valence-electron chi connectivity index (χ2n) is 6.83. The van der Waals surface area contributed by atoms with Crippen molar-refractivity contribution in [2.24, 2.45) is 23.2 Å². The Morgan fingerprint density at radius 1 is 1.19 bits per heavy atom. The predicted molar refractivity (Wildman–Crippen MR) is 70.5 cm³/mol. The molecule has 1 saturated carbocycles. The van der Waals surface area contributed by atoms with Crippen LogP contribution in [0.2, 0.25) is 0 Å². The van der Waals surface area contributed by atoms with Crippen molar-refractivity contribution in [3.63, 3.8) is 0 Å². The van der Waals surface area contributed by atoms with Crippen LogP contribution in [-0.2, 0) is 0 Å².